The fourth-order valence-electron chi connectivity index (χ4n) is 3.22. The van der Waals surface area contributed by atoms with Gasteiger partial charge in [-0.3, -0.25) is 4.57 Å². The molecular formula is C18H27ClN5O4P. The lowest BCUT2D eigenvalue weighted by Crippen LogP contribution is -2.22. The van der Waals surface area contributed by atoms with Crippen LogP contribution in [0.5, 0.6) is 0 Å². The number of hydrogen-bond donors (Lipinski definition) is 1. The topological polar surface area (TPSA) is 114 Å². The van der Waals surface area contributed by atoms with Crippen molar-refractivity contribution in [2.75, 3.05) is 18.7 Å². The summed E-state index contributed by atoms with van der Waals surface area (Å²) >= 11 is 6.13. The molecule has 160 valence electrons. The lowest BCUT2D eigenvalue weighted by Gasteiger charge is -2.24. The van der Waals surface area contributed by atoms with Gasteiger partial charge in [0.25, 0.3) is 0 Å². The van der Waals surface area contributed by atoms with Crippen LogP contribution in [0.4, 0.5) is 5.95 Å². The summed E-state index contributed by atoms with van der Waals surface area (Å²) < 4.78 is 31.5. The monoisotopic (exact) mass is 443 g/mol. The molecule has 0 unspecified atom stereocenters. The molecular weight excluding hydrogens is 417 g/mol. The second-order valence-corrected chi connectivity index (χ2v) is 9.95. The Hall–Kier alpha value is -1.51. The third kappa shape index (κ3) is 4.81. The van der Waals surface area contributed by atoms with Crippen LogP contribution in [0.1, 0.15) is 40.5 Å². The molecule has 0 amide bonds. The van der Waals surface area contributed by atoms with E-state index in [1.54, 1.807) is 34.0 Å². The molecule has 29 heavy (non-hydrogen) atoms. The van der Waals surface area contributed by atoms with Gasteiger partial charge in [-0.15, -0.1) is 0 Å². The highest BCUT2D eigenvalue weighted by Crippen LogP contribution is 2.52. The average Bonchev–Trinajstić information content (AvgIpc) is 3.27. The molecule has 0 radical (unpaired) electrons. The molecule has 1 aliphatic rings. The smallest absolute Gasteiger partial charge is 0.356 e. The number of anilines is 1. The van der Waals surface area contributed by atoms with Gasteiger partial charge < -0.3 is 24.1 Å². The van der Waals surface area contributed by atoms with Crippen LogP contribution in [0.25, 0.3) is 11.2 Å². The number of aromatic nitrogens is 4. The molecule has 0 spiro atoms. The van der Waals surface area contributed by atoms with Gasteiger partial charge in [0.2, 0.25) is 5.95 Å². The summed E-state index contributed by atoms with van der Waals surface area (Å²) in [5.41, 5.74) is 7.21. The van der Waals surface area contributed by atoms with Crippen LogP contribution in [-0.2, 0) is 23.9 Å². The number of rotatable bonds is 10. The number of halogens is 1. The van der Waals surface area contributed by atoms with Crippen molar-refractivity contribution in [2.24, 2.45) is 0 Å². The van der Waals surface area contributed by atoms with Crippen molar-refractivity contribution in [3.63, 3.8) is 0 Å². The van der Waals surface area contributed by atoms with Crippen LogP contribution in [-0.4, -0.2) is 44.7 Å². The molecule has 0 aliphatic heterocycles. The maximum absolute atomic E-state index is 12.9. The Morgan fingerprint density at radius 3 is 2.48 bits per heavy atom. The first kappa shape index (κ1) is 22.2. The summed E-state index contributed by atoms with van der Waals surface area (Å²) in [5, 5.41) is 0.210. The summed E-state index contributed by atoms with van der Waals surface area (Å²) in [6.07, 6.45) is 2.73. The maximum atomic E-state index is 12.9. The molecule has 1 aliphatic carbocycles. The van der Waals surface area contributed by atoms with Gasteiger partial charge in [-0.1, -0.05) is 18.2 Å². The van der Waals surface area contributed by atoms with E-state index in [2.05, 4.69) is 21.5 Å². The zero-order valence-corrected chi connectivity index (χ0v) is 18.7. The van der Waals surface area contributed by atoms with Gasteiger partial charge in [-0.25, -0.2) is 4.98 Å². The predicted molar refractivity (Wildman–Crippen MR) is 112 cm³/mol. The highest BCUT2D eigenvalue weighted by molar-refractivity contribution is 7.53. The van der Waals surface area contributed by atoms with Gasteiger partial charge >= 0.3 is 7.60 Å². The Kier molecular flexibility index (Phi) is 6.36. The van der Waals surface area contributed by atoms with Crippen molar-refractivity contribution in [3.8, 4) is 0 Å². The van der Waals surface area contributed by atoms with E-state index in [4.69, 9.17) is 31.1 Å². The molecule has 0 atom stereocenters. The fourth-order valence-corrected chi connectivity index (χ4v) is 5.21. The minimum absolute atomic E-state index is 0.0829. The van der Waals surface area contributed by atoms with Gasteiger partial charge in [-0.2, -0.15) is 9.97 Å². The highest BCUT2D eigenvalue weighted by atomic mass is 35.5. The van der Waals surface area contributed by atoms with Gasteiger partial charge in [0.15, 0.2) is 10.8 Å². The molecule has 0 saturated heterocycles. The third-order valence-electron chi connectivity index (χ3n) is 4.48. The summed E-state index contributed by atoms with van der Waals surface area (Å²) in [5.74, 6) is 0.0829. The molecule has 3 rings (SSSR count). The molecule has 2 aromatic heterocycles. The zero-order valence-electron chi connectivity index (χ0n) is 17.1. The van der Waals surface area contributed by atoms with Gasteiger partial charge in [0.1, 0.15) is 11.9 Å². The van der Waals surface area contributed by atoms with Gasteiger partial charge in [-0.05, 0) is 46.1 Å². The fraction of sp³-hybridized carbons (Fsp3) is 0.611. The Morgan fingerprint density at radius 1 is 1.31 bits per heavy atom. The second-order valence-electron chi connectivity index (χ2n) is 7.69. The van der Waals surface area contributed by atoms with Crippen LogP contribution in [0, 0.1) is 0 Å². The van der Waals surface area contributed by atoms with E-state index in [9.17, 15) is 4.57 Å². The third-order valence-corrected chi connectivity index (χ3v) is 6.73. The number of nitrogens with zero attached hydrogens (tertiary/aromatic N) is 4. The first-order valence-corrected chi connectivity index (χ1v) is 11.6. The molecule has 0 aromatic carbocycles. The van der Waals surface area contributed by atoms with Crippen LogP contribution in [0.3, 0.4) is 0 Å². The summed E-state index contributed by atoms with van der Waals surface area (Å²) in [4.78, 5) is 12.5. The standard InChI is InChI=1S/C18H27ClN5O4P/c1-11(2)27-29(25,28-12(3)4)10-26-8-13(5)18(6-7-18)24-9-21-14-15(19)22-17(20)23-16(14)24/h9,11-12H,5-8,10H2,1-4H3,(H2,20,22,23). The lowest BCUT2D eigenvalue weighted by atomic mass is 10.1. The van der Waals surface area contributed by atoms with E-state index in [0.29, 0.717) is 11.2 Å². The van der Waals surface area contributed by atoms with Crippen molar-refractivity contribution in [2.45, 2.75) is 58.3 Å². The minimum atomic E-state index is -3.37. The molecule has 2 heterocycles. The largest absolute Gasteiger partial charge is 0.368 e. The zero-order chi connectivity index (χ0) is 21.4. The molecule has 0 bridgehead atoms. The van der Waals surface area contributed by atoms with Gasteiger partial charge in [0, 0.05) is 0 Å². The first-order valence-electron chi connectivity index (χ1n) is 9.45. The van der Waals surface area contributed by atoms with E-state index in [1.165, 1.54) is 0 Å². The quantitative estimate of drug-likeness (QED) is 0.331. The number of fused-ring (bicyclic) bond motifs is 1. The van der Waals surface area contributed by atoms with E-state index in [-0.39, 0.29) is 41.8 Å². The summed E-state index contributed by atoms with van der Waals surface area (Å²) in [6.45, 7) is 11.6. The van der Waals surface area contributed by atoms with Crippen molar-refractivity contribution in [3.05, 3.63) is 23.6 Å². The van der Waals surface area contributed by atoms with Crippen LogP contribution in [0.15, 0.2) is 18.5 Å². The number of ether oxygens (including phenoxy) is 1. The van der Waals surface area contributed by atoms with E-state index < -0.39 is 7.60 Å². The molecule has 2 N–H and O–H groups in total. The second kappa shape index (κ2) is 8.32. The molecule has 1 fully saturated rings. The number of imidazole rings is 1. The molecule has 11 heteroatoms. The lowest BCUT2D eigenvalue weighted by molar-refractivity contribution is 0.104. The average molecular weight is 444 g/mol. The Morgan fingerprint density at radius 2 is 1.93 bits per heavy atom. The summed E-state index contributed by atoms with van der Waals surface area (Å²) in [6, 6.07) is 0. The van der Waals surface area contributed by atoms with Crippen molar-refractivity contribution < 1.29 is 18.3 Å². The molecule has 1 saturated carbocycles. The molecule has 9 nitrogen and oxygen atoms in total. The van der Waals surface area contributed by atoms with Crippen molar-refractivity contribution in [1.82, 2.24) is 19.5 Å². The minimum Gasteiger partial charge on any atom is -0.368 e. The number of nitrogens with two attached hydrogens (primary N) is 1. The number of nitrogen functional groups attached to an aromatic ring is 1. The normalized spacial score (nSPS) is 16.1. The Balaban J connectivity index is 1.72. The van der Waals surface area contributed by atoms with Crippen molar-refractivity contribution in [1.29, 1.82) is 0 Å². The summed E-state index contributed by atoms with van der Waals surface area (Å²) in [7, 11) is -3.37. The Labute approximate surface area is 175 Å². The molecule has 2 aromatic rings. The van der Waals surface area contributed by atoms with E-state index >= 15 is 0 Å². The van der Waals surface area contributed by atoms with Crippen LogP contribution < -0.4 is 5.73 Å². The Bertz CT molecular complexity index is 943. The van der Waals surface area contributed by atoms with Crippen LogP contribution in [0.2, 0.25) is 5.15 Å². The maximum Gasteiger partial charge on any atom is 0.356 e. The highest BCUT2D eigenvalue weighted by Gasteiger charge is 2.48. The van der Waals surface area contributed by atoms with E-state index in [1.807, 2.05) is 4.57 Å². The van der Waals surface area contributed by atoms with Crippen molar-refractivity contribution >= 4 is 36.3 Å². The van der Waals surface area contributed by atoms with Crippen LogP contribution >= 0.6 is 19.2 Å². The number of hydrogen-bond acceptors (Lipinski definition) is 8. The first-order chi connectivity index (χ1) is 13.6. The predicted octanol–water partition coefficient (Wildman–Crippen LogP) is 4.12. The van der Waals surface area contributed by atoms with E-state index in [0.717, 1.165) is 18.4 Å². The SMILES string of the molecule is C=C(COCP(=O)(OC(C)C)OC(C)C)C1(n2cnc3c(Cl)nc(N)nc32)CC1. The van der Waals surface area contributed by atoms with Gasteiger partial charge in [0.05, 0.1) is 30.7 Å².